The lowest BCUT2D eigenvalue weighted by atomic mass is 9.79. The lowest BCUT2D eigenvalue weighted by molar-refractivity contribution is -0.109. The van der Waals surface area contributed by atoms with Crippen LogP contribution in [0.2, 0.25) is 0 Å². The highest BCUT2D eigenvalue weighted by molar-refractivity contribution is 5.95. The van der Waals surface area contributed by atoms with E-state index in [4.69, 9.17) is 14.2 Å². The second kappa shape index (κ2) is 5.30. The van der Waals surface area contributed by atoms with Crippen LogP contribution in [0.25, 0.3) is 0 Å². The van der Waals surface area contributed by atoms with Crippen molar-refractivity contribution in [1.82, 2.24) is 0 Å². The number of esters is 1. The van der Waals surface area contributed by atoms with Crippen molar-refractivity contribution < 1.29 is 23.8 Å². The predicted molar refractivity (Wildman–Crippen MR) is 79.3 cm³/mol. The van der Waals surface area contributed by atoms with E-state index in [0.717, 1.165) is 23.8 Å². The molecular formula is C17H20O5. The SMILES string of the molecule is COc1cc2c(c3c1C[C@H](C)[C@](C)(CCC=O)O3)COC2=O. The van der Waals surface area contributed by atoms with Crippen LogP contribution >= 0.6 is 0 Å². The average Bonchev–Trinajstić information content (AvgIpc) is 2.87. The van der Waals surface area contributed by atoms with Gasteiger partial charge in [0.1, 0.15) is 30.0 Å². The summed E-state index contributed by atoms with van der Waals surface area (Å²) >= 11 is 0. The molecule has 0 aliphatic carbocycles. The van der Waals surface area contributed by atoms with Crippen LogP contribution in [-0.2, 0) is 22.6 Å². The molecule has 0 amide bonds. The highest BCUT2D eigenvalue weighted by atomic mass is 16.5. The highest BCUT2D eigenvalue weighted by Gasteiger charge is 2.42. The lowest BCUT2D eigenvalue weighted by Crippen LogP contribution is -2.44. The number of carbonyl (C=O) groups excluding carboxylic acids is 2. The van der Waals surface area contributed by atoms with E-state index >= 15 is 0 Å². The van der Waals surface area contributed by atoms with Crippen LogP contribution in [0, 0.1) is 5.92 Å². The molecule has 0 fully saturated rings. The van der Waals surface area contributed by atoms with Crippen LogP contribution in [-0.4, -0.2) is 25.0 Å². The molecule has 0 unspecified atom stereocenters. The number of ether oxygens (including phenoxy) is 3. The van der Waals surface area contributed by atoms with Crippen molar-refractivity contribution >= 4 is 12.3 Å². The molecule has 1 aromatic carbocycles. The maximum Gasteiger partial charge on any atom is 0.339 e. The molecule has 5 heteroatoms. The summed E-state index contributed by atoms with van der Waals surface area (Å²) in [7, 11) is 1.59. The summed E-state index contributed by atoms with van der Waals surface area (Å²) in [5.74, 6) is 1.27. The van der Waals surface area contributed by atoms with Crippen LogP contribution in [0.3, 0.4) is 0 Å². The third-order valence-corrected chi connectivity index (χ3v) is 4.88. The molecule has 0 spiro atoms. The third-order valence-electron chi connectivity index (χ3n) is 4.88. The Kier molecular flexibility index (Phi) is 3.59. The Bertz CT molecular complexity index is 636. The first kappa shape index (κ1) is 14.9. The van der Waals surface area contributed by atoms with Gasteiger partial charge < -0.3 is 19.0 Å². The number of hydrogen-bond donors (Lipinski definition) is 0. The Morgan fingerprint density at radius 3 is 2.91 bits per heavy atom. The molecule has 22 heavy (non-hydrogen) atoms. The van der Waals surface area contributed by atoms with E-state index in [1.807, 2.05) is 6.92 Å². The van der Waals surface area contributed by atoms with E-state index in [9.17, 15) is 9.59 Å². The zero-order valence-corrected chi connectivity index (χ0v) is 13.1. The first-order valence-electron chi connectivity index (χ1n) is 7.52. The van der Waals surface area contributed by atoms with Crippen molar-refractivity contribution in [3.8, 4) is 11.5 Å². The molecule has 0 saturated heterocycles. The molecule has 2 aliphatic rings. The van der Waals surface area contributed by atoms with Gasteiger partial charge in [-0.3, -0.25) is 0 Å². The molecule has 2 aliphatic heterocycles. The van der Waals surface area contributed by atoms with Gasteiger partial charge in [-0.2, -0.15) is 0 Å². The maximum atomic E-state index is 11.8. The van der Waals surface area contributed by atoms with Crippen LogP contribution in [0.1, 0.15) is 48.2 Å². The molecule has 2 heterocycles. The summed E-state index contributed by atoms with van der Waals surface area (Å²) in [5, 5.41) is 0. The van der Waals surface area contributed by atoms with Crippen molar-refractivity contribution in [3.05, 3.63) is 22.8 Å². The normalized spacial score (nSPS) is 25.8. The van der Waals surface area contributed by atoms with Crippen LogP contribution in [0.5, 0.6) is 11.5 Å². The summed E-state index contributed by atoms with van der Waals surface area (Å²) in [6, 6.07) is 1.74. The minimum atomic E-state index is -0.431. The smallest absolute Gasteiger partial charge is 0.339 e. The highest BCUT2D eigenvalue weighted by Crippen LogP contribution is 2.47. The van der Waals surface area contributed by atoms with Gasteiger partial charge in [-0.1, -0.05) is 6.92 Å². The molecule has 0 N–H and O–H groups in total. The monoisotopic (exact) mass is 304 g/mol. The Hall–Kier alpha value is -2.04. The van der Waals surface area contributed by atoms with Gasteiger partial charge in [0.2, 0.25) is 0 Å². The Labute approximate surface area is 129 Å². The van der Waals surface area contributed by atoms with E-state index in [1.165, 1.54) is 0 Å². The molecule has 118 valence electrons. The van der Waals surface area contributed by atoms with E-state index in [1.54, 1.807) is 13.2 Å². The molecule has 2 atom stereocenters. The van der Waals surface area contributed by atoms with Gasteiger partial charge in [-0.15, -0.1) is 0 Å². The van der Waals surface area contributed by atoms with Gasteiger partial charge in [-0.05, 0) is 31.7 Å². The second-order valence-corrected chi connectivity index (χ2v) is 6.21. The fourth-order valence-electron chi connectivity index (χ4n) is 3.26. The van der Waals surface area contributed by atoms with E-state index in [0.29, 0.717) is 29.9 Å². The van der Waals surface area contributed by atoms with Gasteiger partial charge in [0.25, 0.3) is 0 Å². The molecular weight excluding hydrogens is 284 g/mol. The zero-order valence-electron chi connectivity index (χ0n) is 13.1. The van der Waals surface area contributed by atoms with Crippen molar-refractivity contribution in [2.75, 3.05) is 7.11 Å². The number of aldehydes is 1. The average molecular weight is 304 g/mol. The van der Waals surface area contributed by atoms with Crippen molar-refractivity contribution in [2.45, 2.75) is 45.3 Å². The quantitative estimate of drug-likeness (QED) is 0.632. The first-order valence-corrected chi connectivity index (χ1v) is 7.52. The standard InChI is InChI=1S/C17H20O5/c1-10-7-12-14(20-3)8-11-13(9-21-16(11)19)15(12)22-17(10,2)5-4-6-18/h6,8,10H,4-5,7,9H2,1-3H3/t10-,17-/m0/s1. The molecule has 0 radical (unpaired) electrons. The molecule has 3 rings (SSSR count). The fourth-order valence-corrected chi connectivity index (χ4v) is 3.26. The Balaban J connectivity index is 2.09. The lowest BCUT2D eigenvalue weighted by Gasteiger charge is -2.42. The molecule has 0 bridgehead atoms. The van der Waals surface area contributed by atoms with Crippen LogP contribution < -0.4 is 9.47 Å². The number of cyclic esters (lactones) is 1. The minimum absolute atomic E-state index is 0.235. The summed E-state index contributed by atoms with van der Waals surface area (Å²) in [4.78, 5) is 22.6. The van der Waals surface area contributed by atoms with Gasteiger partial charge in [0.15, 0.2) is 0 Å². The summed E-state index contributed by atoms with van der Waals surface area (Å²) in [5.41, 5.74) is 1.86. The fraction of sp³-hybridized carbons (Fsp3) is 0.529. The molecule has 1 aromatic rings. The predicted octanol–water partition coefficient (Wildman–Crippen LogP) is 2.67. The zero-order chi connectivity index (χ0) is 15.9. The molecule has 5 nitrogen and oxygen atoms in total. The van der Waals surface area contributed by atoms with E-state index in [-0.39, 0.29) is 18.5 Å². The van der Waals surface area contributed by atoms with Crippen molar-refractivity contribution in [3.63, 3.8) is 0 Å². The van der Waals surface area contributed by atoms with E-state index in [2.05, 4.69) is 6.92 Å². The first-order chi connectivity index (χ1) is 10.5. The van der Waals surface area contributed by atoms with Crippen molar-refractivity contribution in [2.24, 2.45) is 5.92 Å². The third kappa shape index (κ3) is 2.16. The number of hydrogen-bond acceptors (Lipinski definition) is 5. The summed E-state index contributed by atoms with van der Waals surface area (Å²) < 4.78 is 16.9. The largest absolute Gasteiger partial charge is 0.496 e. The van der Waals surface area contributed by atoms with Gasteiger partial charge >= 0.3 is 5.97 Å². The second-order valence-electron chi connectivity index (χ2n) is 6.21. The topological polar surface area (TPSA) is 61.8 Å². The van der Waals surface area contributed by atoms with Crippen molar-refractivity contribution in [1.29, 1.82) is 0 Å². The van der Waals surface area contributed by atoms with Crippen LogP contribution in [0.4, 0.5) is 0 Å². The molecule has 0 aromatic heterocycles. The van der Waals surface area contributed by atoms with Gasteiger partial charge in [0, 0.05) is 17.5 Å². The van der Waals surface area contributed by atoms with Crippen LogP contribution in [0.15, 0.2) is 6.07 Å². The number of benzene rings is 1. The summed E-state index contributed by atoms with van der Waals surface area (Å²) in [6.07, 6.45) is 2.81. The Morgan fingerprint density at radius 2 is 2.23 bits per heavy atom. The van der Waals surface area contributed by atoms with Gasteiger partial charge in [0.05, 0.1) is 12.7 Å². The van der Waals surface area contributed by atoms with E-state index < -0.39 is 5.60 Å². The van der Waals surface area contributed by atoms with Gasteiger partial charge in [-0.25, -0.2) is 4.79 Å². The maximum absolute atomic E-state index is 11.8. The number of fused-ring (bicyclic) bond motifs is 3. The molecule has 0 saturated carbocycles. The minimum Gasteiger partial charge on any atom is -0.496 e. The Morgan fingerprint density at radius 1 is 1.45 bits per heavy atom. The number of methoxy groups -OCH3 is 1. The number of carbonyl (C=O) groups is 2. The number of rotatable bonds is 4. The summed E-state index contributed by atoms with van der Waals surface area (Å²) in [6.45, 7) is 4.37.